The molecule has 2 aromatic rings. The predicted octanol–water partition coefficient (Wildman–Crippen LogP) is 2.91. The van der Waals surface area contributed by atoms with Crippen molar-refractivity contribution in [2.75, 3.05) is 45.1 Å². The number of amides is 2. The third-order valence-electron chi connectivity index (χ3n) is 5.89. The monoisotopic (exact) mass is 422 g/mol. The van der Waals surface area contributed by atoms with E-state index in [0.29, 0.717) is 0 Å². The first-order valence-corrected chi connectivity index (χ1v) is 11.0. The van der Waals surface area contributed by atoms with E-state index < -0.39 is 0 Å². The third kappa shape index (κ3) is 6.64. The topological polar surface area (TPSA) is 55.9 Å². The summed E-state index contributed by atoms with van der Waals surface area (Å²) in [5, 5.41) is 2.85. The highest BCUT2D eigenvalue weighted by molar-refractivity contribution is 5.95. The van der Waals surface area contributed by atoms with Crippen LogP contribution >= 0.6 is 0 Å². The first-order chi connectivity index (χ1) is 14.8. The van der Waals surface area contributed by atoms with Crippen molar-refractivity contribution in [3.8, 4) is 0 Å². The van der Waals surface area contributed by atoms with Crippen molar-refractivity contribution in [2.24, 2.45) is 0 Å². The van der Waals surface area contributed by atoms with E-state index in [4.69, 9.17) is 0 Å². The lowest BCUT2D eigenvalue weighted by molar-refractivity contribution is -0.138. The summed E-state index contributed by atoms with van der Waals surface area (Å²) in [5.41, 5.74) is 4.49. The van der Waals surface area contributed by atoms with Gasteiger partial charge in [-0.2, -0.15) is 0 Å². The summed E-state index contributed by atoms with van der Waals surface area (Å²) in [6.45, 7) is 10.6. The molecule has 1 atom stereocenters. The Balaban J connectivity index is 1.45. The summed E-state index contributed by atoms with van der Waals surface area (Å²) >= 11 is 0. The summed E-state index contributed by atoms with van der Waals surface area (Å²) in [6.07, 6.45) is 0. The molecular weight excluding hydrogens is 388 g/mol. The number of rotatable bonds is 7. The Labute approximate surface area is 185 Å². The Kier molecular flexibility index (Phi) is 7.82. The number of likely N-dealkylation sites (N-methyl/N-ethyl adjacent to an activating group) is 1. The second-order valence-corrected chi connectivity index (χ2v) is 8.59. The van der Waals surface area contributed by atoms with Crippen LogP contribution in [-0.4, -0.2) is 72.3 Å². The molecule has 3 rings (SSSR count). The number of carbonyl (C=O) groups is 2. The van der Waals surface area contributed by atoms with Crippen LogP contribution in [0.15, 0.2) is 48.5 Å². The van der Waals surface area contributed by atoms with Gasteiger partial charge in [0.2, 0.25) is 11.8 Å². The minimum atomic E-state index is -0.238. The van der Waals surface area contributed by atoms with Crippen molar-refractivity contribution in [3.05, 3.63) is 65.2 Å². The van der Waals surface area contributed by atoms with Gasteiger partial charge in [-0.15, -0.1) is 0 Å². The largest absolute Gasteiger partial charge is 0.335 e. The van der Waals surface area contributed by atoms with Crippen molar-refractivity contribution in [1.29, 1.82) is 0 Å². The molecule has 1 fully saturated rings. The number of carbonyl (C=O) groups excluding carboxylic acids is 2. The fourth-order valence-electron chi connectivity index (χ4n) is 3.98. The van der Waals surface area contributed by atoms with E-state index in [1.54, 1.807) is 7.05 Å². The van der Waals surface area contributed by atoms with Crippen molar-refractivity contribution >= 4 is 17.5 Å². The molecule has 0 aromatic heterocycles. The molecule has 31 heavy (non-hydrogen) atoms. The number of aryl methyl sites for hydroxylation is 2. The molecule has 0 radical (unpaired) electrons. The van der Waals surface area contributed by atoms with Gasteiger partial charge in [0.05, 0.1) is 12.6 Å². The molecule has 1 N–H and O–H groups in total. The van der Waals surface area contributed by atoms with Crippen molar-refractivity contribution in [3.63, 3.8) is 0 Å². The number of hydrogen-bond donors (Lipinski definition) is 1. The highest BCUT2D eigenvalue weighted by Gasteiger charge is 2.28. The van der Waals surface area contributed by atoms with E-state index in [9.17, 15) is 9.59 Å². The Morgan fingerprint density at radius 1 is 1.00 bits per heavy atom. The minimum Gasteiger partial charge on any atom is -0.335 e. The van der Waals surface area contributed by atoms with Gasteiger partial charge in [-0.25, -0.2) is 0 Å². The first-order valence-electron chi connectivity index (χ1n) is 11.0. The lowest BCUT2D eigenvalue weighted by Gasteiger charge is -2.38. The van der Waals surface area contributed by atoms with Gasteiger partial charge < -0.3 is 10.2 Å². The van der Waals surface area contributed by atoms with Gasteiger partial charge in [0.25, 0.3) is 0 Å². The highest BCUT2D eigenvalue weighted by atomic mass is 16.2. The molecular formula is C25H34N4O2. The van der Waals surface area contributed by atoms with E-state index in [-0.39, 0.29) is 24.4 Å². The van der Waals surface area contributed by atoms with Gasteiger partial charge in [-0.1, -0.05) is 47.5 Å². The Morgan fingerprint density at radius 3 is 2.32 bits per heavy atom. The van der Waals surface area contributed by atoms with Crippen LogP contribution in [0.2, 0.25) is 0 Å². The second-order valence-electron chi connectivity index (χ2n) is 8.59. The summed E-state index contributed by atoms with van der Waals surface area (Å²) in [6, 6.07) is 16.0. The molecule has 6 heteroatoms. The third-order valence-corrected chi connectivity index (χ3v) is 5.89. The molecule has 0 saturated carbocycles. The van der Waals surface area contributed by atoms with Crippen LogP contribution in [0.5, 0.6) is 0 Å². The van der Waals surface area contributed by atoms with Crippen molar-refractivity contribution in [1.82, 2.24) is 14.7 Å². The molecule has 0 aliphatic carbocycles. The van der Waals surface area contributed by atoms with Gasteiger partial charge in [-0.3, -0.25) is 19.4 Å². The maximum Gasteiger partial charge on any atom is 0.243 e. The second kappa shape index (κ2) is 10.6. The molecule has 0 bridgehead atoms. The average Bonchev–Trinajstić information content (AvgIpc) is 2.75. The van der Waals surface area contributed by atoms with Crippen molar-refractivity contribution in [2.45, 2.75) is 33.4 Å². The SMILES string of the molecule is Cc1ccc(NC(=O)CN(C)C(=O)[C@H](C)N2CCN(Cc3cccc(C)c3)CC2)cc1. The quantitative estimate of drug-likeness (QED) is 0.746. The van der Waals surface area contributed by atoms with Crippen LogP contribution < -0.4 is 5.32 Å². The summed E-state index contributed by atoms with van der Waals surface area (Å²) in [4.78, 5) is 31.4. The van der Waals surface area contributed by atoms with Crippen LogP contribution in [0.25, 0.3) is 0 Å². The number of piperazine rings is 1. The molecule has 1 aliphatic rings. The minimum absolute atomic E-state index is 0.0220. The number of nitrogens with one attached hydrogen (secondary N) is 1. The fraction of sp³-hybridized carbons (Fsp3) is 0.440. The van der Waals surface area contributed by atoms with Gasteiger partial charge in [-0.05, 0) is 38.5 Å². The predicted molar refractivity (Wildman–Crippen MR) is 125 cm³/mol. The molecule has 1 saturated heterocycles. The molecule has 2 amide bonds. The van der Waals surface area contributed by atoms with E-state index >= 15 is 0 Å². The van der Waals surface area contributed by atoms with E-state index in [0.717, 1.165) is 44.0 Å². The smallest absolute Gasteiger partial charge is 0.243 e. The van der Waals surface area contributed by atoms with Crippen LogP contribution in [0.1, 0.15) is 23.6 Å². The zero-order valence-electron chi connectivity index (χ0n) is 19.1. The summed E-state index contributed by atoms with van der Waals surface area (Å²) in [7, 11) is 1.70. The normalized spacial score (nSPS) is 16.0. The maximum atomic E-state index is 12.9. The van der Waals surface area contributed by atoms with E-state index in [2.05, 4.69) is 46.3 Å². The number of nitrogens with zero attached hydrogens (tertiary/aromatic N) is 3. The summed E-state index contributed by atoms with van der Waals surface area (Å²) < 4.78 is 0. The average molecular weight is 423 g/mol. The lowest BCUT2D eigenvalue weighted by atomic mass is 10.1. The number of anilines is 1. The molecule has 1 heterocycles. The highest BCUT2D eigenvalue weighted by Crippen LogP contribution is 2.13. The molecule has 166 valence electrons. The van der Waals surface area contributed by atoms with Crippen LogP contribution in [0.4, 0.5) is 5.69 Å². The Bertz CT molecular complexity index is 889. The van der Waals surface area contributed by atoms with Gasteiger partial charge in [0.15, 0.2) is 0 Å². The Hall–Kier alpha value is -2.70. The van der Waals surface area contributed by atoms with Gasteiger partial charge in [0, 0.05) is 45.5 Å². The maximum absolute atomic E-state index is 12.9. The summed E-state index contributed by atoms with van der Waals surface area (Å²) in [5.74, 6) is -0.207. The van der Waals surface area contributed by atoms with Gasteiger partial charge >= 0.3 is 0 Å². The van der Waals surface area contributed by atoms with E-state index in [1.165, 1.54) is 16.0 Å². The standard InChI is InChI=1S/C25H34N4O2/c1-19-8-10-23(11-9-19)26-24(30)18-27(4)25(31)21(3)29-14-12-28(13-15-29)17-22-7-5-6-20(2)16-22/h5-11,16,21H,12-15,17-18H2,1-4H3,(H,26,30)/t21-/m0/s1. The molecule has 1 aliphatic heterocycles. The zero-order chi connectivity index (χ0) is 22.4. The lowest BCUT2D eigenvalue weighted by Crippen LogP contribution is -2.54. The molecule has 6 nitrogen and oxygen atoms in total. The zero-order valence-corrected chi connectivity index (χ0v) is 19.1. The molecule has 0 spiro atoms. The number of hydrogen-bond acceptors (Lipinski definition) is 4. The fourth-order valence-corrected chi connectivity index (χ4v) is 3.98. The van der Waals surface area contributed by atoms with Crippen LogP contribution in [-0.2, 0) is 16.1 Å². The number of benzene rings is 2. The Morgan fingerprint density at radius 2 is 1.68 bits per heavy atom. The van der Waals surface area contributed by atoms with Crippen LogP contribution in [0.3, 0.4) is 0 Å². The first kappa shape index (κ1) is 23.0. The van der Waals surface area contributed by atoms with Crippen molar-refractivity contribution < 1.29 is 9.59 Å². The molecule has 0 unspecified atom stereocenters. The van der Waals surface area contributed by atoms with E-state index in [1.807, 2.05) is 38.1 Å². The van der Waals surface area contributed by atoms with Gasteiger partial charge in [0.1, 0.15) is 0 Å². The van der Waals surface area contributed by atoms with Crippen LogP contribution in [0, 0.1) is 13.8 Å². The molecule has 2 aromatic carbocycles.